The Balaban J connectivity index is 1.60. The molecule has 0 aromatic heterocycles. The van der Waals surface area contributed by atoms with Crippen molar-refractivity contribution >= 4 is 0 Å². The molecule has 2 aliphatic carbocycles. The third kappa shape index (κ3) is 3.18. The third-order valence-electron chi connectivity index (χ3n) is 4.42. The van der Waals surface area contributed by atoms with Crippen molar-refractivity contribution < 1.29 is 0 Å². The molecule has 88 valence electrons. The van der Waals surface area contributed by atoms with E-state index in [1.165, 1.54) is 45.2 Å². The molecular formula is C13H26N2. The monoisotopic (exact) mass is 210 g/mol. The highest BCUT2D eigenvalue weighted by Gasteiger charge is 2.33. The fourth-order valence-corrected chi connectivity index (χ4v) is 2.96. The number of nitrogens with zero attached hydrogens (tertiary/aromatic N) is 1. The summed E-state index contributed by atoms with van der Waals surface area (Å²) in [5.41, 5.74) is 6.08. The summed E-state index contributed by atoms with van der Waals surface area (Å²) in [6.45, 7) is 4.93. The van der Waals surface area contributed by atoms with Gasteiger partial charge in [0.15, 0.2) is 0 Å². The predicted octanol–water partition coefficient (Wildman–Crippen LogP) is 2.09. The van der Waals surface area contributed by atoms with Crippen LogP contribution < -0.4 is 5.73 Å². The Morgan fingerprint density at radius 1 is 1.27 bits per heavy atom. The lowest BCUT2D eigenvalue weighted by atomic mass is 10.00. The summed E-state index contributed by atoms with van der Waals surface area (Å²) in [5, 5.41) is 0. The van der Waals surface area contributed by atoms with Crippen LogP contribution in [0.3, 0.4) is 0 Å². The summed E-state index contributed by atoms with van der Waals surface area (Å²) in [6, 6.07) is 0.498. The number of rotatable bonds is 5. The Morgan fingerprint density at radius 3 is 2.53 bits per heavy atom. The first-order valence-corrected chi connectivity index (χ1v) is 6.61. The lowest BCUT2D eigenvalue weighted by Gasteiger charge is -2.21. The number of nitrogens with two attached hydrogens (primary N) is 1. The summed E-state index contributed by atoms with van der Waals surface area (Å²) in [7, 11) is 2.27. The number of hydrogen-bond acceptors (Lipinski definition) is 2. The van der Waals surface area contributed by atoms with Crippen LogP contribution in [0, 0.1) is 17.8 Å². The van der Waals surface area contributed by atoms with Crippen LogP contribution in [0.4, 0.5) is 0 Å². The van der Waals surface area contributed by atoms with E-state index in [-0.39, 0.29) is 0 Å². The molecule has 2 heteroatoms. The maximum atomic E-state index is 6.08. The van der Waals surface area contributed by atoms with Gasteiger partial charge in [0.1, 0.15) is 0 Å². The van der Waals surface area contributed by atoms with E-state index in [1.807, 2.05) is 0 Å². The minimum Gasteiger partial charge on any atom is -0.327 e. The van der Waals surface area contributed by atoms with E-state index in [0.29, 0.717) is 6.04 Å². The SMILES string of the molecule is CC1CC1CN(C)CCC1CCCC1N. The van der Waals surface area contributed by atoms with Crippen LogP contribution in [0.25, 0.3) is 0 Å². The zero-order valence-corrected chi connectivity index (χ0v) is 10.3. The van der Waals surface area contributed by atoms with Crippen LogP contribution in [0.5, 0.6) is 0 Å². The van der Waals surface area contributed by atoms with Gasteiger partial charge in [-0.1, -0.05) is 13.3 Å². The highest BCUT2D eigenvalue weighted by Crippen LogP contribution is 2.38. The van der Waals surface area contributed by atoms with Gasteiger partial charge in [-0.25, -0.2) is 0 Å². The summed E-state index contributed by atoms with van der Waals surface area (Å²) in [6.07, 6.45) is 6.75. The second-order valence-corrected chi connectivity index (χ2v) is 5.88. The largest absolute Gasteiger partial charge is 0.327 e. The van der Waals surface area contributed by atoms with Gasteiger partial charge in [-0.2, -0.15) is 0 Å². The molecule has 2 fully saturated rings. The zero-order chi connectivity index (χ0) is 10.8. The molecule has 0 saturated heterocycles. The van der Waals surface area contributed by atoms with E-state index in [0.717, 1.165) is 17.8 Å². The lowest BCUT2D eigenvalue weighted by Crippen LogP contribution is -2.29. The molecule has 0 radical (unpaired) electrons. The molecule has 0 amide bonds. The average Bonchev–Trinajstić information content (AvgIpc) is 2.72. The van der Waals surface area contributed by atoms with Crippen molar-refractivity contribution in [3.63, 3.8) is 0 Å². The van der Waals surface area contributed by atoms with Gasteiger partial charge >= 0.3 is 0 Å². The van der Waals surface area contributed by atoms with Gasteiger partial charge in [0, 0.05) is 12.6 Å². The van der Waals surface area contributed by atoms with Crippen molar-refractivity contribution in [2.45, 2.75) is 45.1 Å². The Bertz CT molecular complexity index is 205. The van der Waals surface area contributed by atoms with Crippen molar-refractivity contribution in [1.29, 1.82) is 0 Å². The first-order valence-electron chi connectivity index (χ1n) is 6.61. The van der Waals surface area contributed by atoms with Crippen LogP contribution >= 0.6 is 0 Å². The Hall–Kier alpha value is -0.0800. The maximum Gasteiger partial charge on any atom is 0.00676 e. The normalized spacial score (nSPS) is 40.0. The van der Waals surface area contributed by atoms with E-state index in [2.05, 4.69) is 18.9 Å². The van der Waals surface area contributed by atoms with E-state index >= 15 is 0 Å². The van der Waals surface area contributed by atoms with Crippen molar-refractivity contribution in [2.24, 2.45) is 23.5 Å². The molecule has 2 nitrogen and oxygen atoms in total. The van der Waals surface area contributed by atoms with E-state index in [1.54, 1.807) is 0 Å². The maximum absolute atomic E-state index is 6.08. The first kappa shape index (κ1) is 11.4. The van der Waals surface area contributed by atoms with Crippen molar-refractivity contribution in [3.8, 4) is 0 Å². The van der Waals surface area contributed by atoms with Gasteiger partial charge < -0.3 is 10.6 Å². The third-order valence-corrected chi connectivity index (χ3v) is 4.42. The Kier molecular flexibility index (Phi) is 3.68. The van der Waals surface area contributed by atoms with Gasteiger partial charge in [0.2, 0.25) is 0 Å². The molecule has 2 aliphatic rings. The predicted molar refractivity (Wildman–Crippen MR) is 64.7 cm³/mol. The first-order chi connectivity index (χ1) is 7.16. The fraction of sp³-hybridized carbons (Fsp3) is 1.00. The highest BCUT2D eigenvalue weighted by molar-refractivity contribution is 4.85. The molecule has 4 unspecified atom stereocenters. The molecule has 0 aromatic carbocycles. The second kappa shape index (κ2) is 4.84. The zero-order valence-electron chi connectivity index (χ0n) is 10.3. The molecule has 2 saturated carbocycles. The summed E-state index contributed by atoms with van der Waals surface area (Å²) in [5.74, 6) is 2.79. The molecule has 0 bridgehead atoms. The van der Waals surface area contributed by atoms with Crippen molar-refractivity contribution in [1.82, 2.24) is 4.90 Å². The van der Waals surface area contributed by atoms with Gasteiger partial charge in [0.25, 0.3) is 0 Å². The minimum absolute atomic E-state index is 0.498. The molecule has 0 aliphatic heterocycles. The molecule has 0 aromatic rings. The molecule has 0 heterocycles. The van der Waals surface area contributed by atoms with Crippen LogP contribution in [0.15, 0.2) is 0 Å². The average molecular weight is 210 g/mol. The molecule has 0 spiro atoms. The van der Waals surface area contributed by atoms with E-state index in [4.69, 9.17) is 5.73 Å². The summed E-state index contributed by atoms with van der Waals surface area (Å²) >= 11 is 0. The Morgan fingerprint density at radius 2 is 2.00 bits per heavy atom. The quantitative estimate of drug-likeness (QED) is 0.753. The van der Waals surface area contributed by atoms with Crippen LogP contribution in [-0.2, 0) is 0 Å². The van der Waals surface area contributed by atoms with Crippen LogP contribution in [-0.4, -0.2) is 31.1 Å². The second-order valence-electron chi connectivity index (χ2n) is 5.88. The molecule has 2 N–H and O–H groups in total. The Labute approximate surface area is 94.2 Å². The molecule has 15 heavy (non-hydrogen) atoms. The minimum atomic E-state index is 0.498. The fourth-order valence-electron chi connectivity index (χ4n) is 2.96. The van der Waals surface area contributed by atoms with Crippen LogP contribution in [0.1, 0.15) is 39.0 Å². The van der Waals surface area contributed by atoms with Gasteiger partial charge in [0.05, 0.1) is 0 Å². The highest BCUT2D eigenvalue weighted by atomic mass is 15.1. The molecule has 2 rings (SSSR count). The summed E-state index contributed by atoms with van der Waals surface area (Å²) in [4.78, 5) is 2.51. The van der Waals surface area contributed by atoms with E-state index in [9.17, 15) is 0 Å². The van der Waals surface area contributed by atoms with Crippen molar-refractivity contribution in [3.05, 3.63) is 0 Å². The number of hydrogen-bond donors (Lipinski definition) is 1. The van der Waals surface area contributed by atoms with E-state index < -0.39 is 0 Å². The summed E-state index contributed by atoms with van der Waals surface area (Å²) < 4.78 is 0. The van der Waals surface area contributed by atoms with Gasteiger partial charge in [-0.15, -0.1) is 0 Å². The van der Waals surface area contributed by atoms with Crippen molar-refractivity contribution in [2.75, 3.05) is 20.1 Å². The molecule has 4 atom stereocenters. The smallest absolute Gasteiger partial charge is 0.00676 e. The topological polar surface area (TPSA) is 29.3 Å². The standard InChI is InChI=1S/C13H26N2/c1-10-8-12(10)9-15(2)7-6-11-4-3-5-13(11)14/h10-13H,3-9,14H2,1-2H3. The van der Waals surface area contributed by atoms with Gasteiger partial charge in [-0.05, 0) is 57.0 Å². The molecular weight excluding hydrogens is 184 g/mol. The van der Waals surface area contributed by atoms with Crippen LogP contribution in [0.2, 0.25) is 0 Å². The van der Waals surface area contributed by atoms with Gasteiger partial charge in [-0.3, -0.25) is 0 Å². The lowest BCUT2D eigenvalue weighted by molar-refractivity contribution is 0.279.